The molecule has 1 aromatic rings. The van der Waals surface area contributed by atoms with Gasteiger partial charge in [-0.15, -0.1) is 11.6 Å². The number of anilines is 1. The zero-order chi connectivity index (χ0) is 11.5. The molecule has 0 aliphatic rings. The molecular formula is C12H16ClNO. The van der Waals surface area contributed by atoms with E-state index in [1.807, 2.05) is 38.1 Å². The quantitative estimate of drug-likeness (QED) is 0.786. The summed E-state index contributed by atoms with van der Waals surface area (Å²) in [7, 11) is 0. The minimum Gasteiger partial charge on any atom is -0.325 e. The van der Waals surface area contributed by atoms with Crippen LogP contribution in [0.5, 0.6) is 0 Å². The molecule has 0 bridgehead atoms. The summed E-state index contributed by atoms with van der Waals surface area (Å²) in [5, 5.41) is 2.79. The van der Waals surface area contributed by atoms with E-state index in [2.05, 4.69) is 5.32 Å². The Labute approximate surface area is 95.6 Å². The molecule has 0 radical (unpaired) electrons. The number of hydrogen-bond donors (Lipinski definition) is 1. The van der Waals surface area contributed by atoms with E-state index in [1.165, 1.54) is 0 Å². The highest BCUT2D eigenvalue weighted by Gasteiger charge is 2.28. The number of amides is 1. The Kier molecular flexibility index (Phi) is 3.75. The lowest BCUT2D eigenvalue weighted by Gasteiger charge is -2.18. The third-order valence-corrected chi connectivity index (χ3v) is 2.89. The van der Waals surface area contributed by atoms with Gasteiger partial charge in [-0.2, -0.15) is 0 Å². The molecule has 1 rings (SSSR count). The Hall–Kier alpha value is -1.02. The number of alkyl halides is 1. The largest absolute Gasteiger partial charge is 0.325 e. The highest BCUT2D eigenvalue weighted by molar-refractivity contribution is 6.36. The molecule has 15 heavy (non-hydrogen) atoms. The van der Waals surface area contributed by atoms with Gasteiger partial charge in [0.1, 0.15) is 4.87 Å². The fraction of sp³-hybridized carbons (Fsp3) is 0.417. The number of benzene rings is 1. The second-order valence-corrected chi connectivity index (χ2v) is 4.71. The maximum atomic E-state index is 11.7. The molecule has 0 saturated carbocycles. The monoisotopic (exact) mass is 225 g/mol. The maximum absolute atomic E-state index is 11.7. The molecule has 2 nitrogen and oxygen atoms in total. The molecule has 1 aromatic carbocycles. The average molecular weight is 226 g/mol. The van der Waals surface area contributed by atoms with Gasteiger partial charge < -0.3 is 5.32 Å². The van der Waals surface area contributed by atoms with Gasteiger partial charge in [-0.3, -0.25) is 4.79 Å². The number of carbonyl (C=O) groups is 1. The topological polar surface area (TPSA) is 29.1 Å². The van der Waals surface area contributed by atoms with E-state index >= 15 is 0 Å². The van der Waals surface area contributed by atoms with Crippen LogP contribution >= 0.6 is 11.6 Å². The van der Waals surface area contributed by atoms with E-state index in [4.69, 9.17) is 11.6 Å². The number of nitrogens with one attached hydrogen (secondary N) is 1. The average Bonchev–Trinajstić information content (AvgIpc) is 2.21. The van der Waals surface area contributed by atoms with E-state index in [9.17, 15) is 4.79 Å². The van der Waals surface area contributed by atoms with Crippen molar-refractivity contribution in [3.63, 3.8) is 0 Å². The lowest BCUT2D eigenvalue weighted by atomic mass is 10.1. The zero-order valence-corrected chi connectivity index (χ0v) is 10.1. The molecule has 3 heteroatoms. The van der Waals surface area contributed by atoms with Crippen molar-refractivity contribution < 1.29 is 4.79 Å². The van der Waals surface area contributed by atoms with Crippen LogP contribution in [-0.2, 0) is 4.79 Å². The van der Waals surface area contributed by atoms with Crippen LogP contribution in [0.3, 0.4) is 0 Å². The SMILES string of the molecule is CCC(C)(Cl)C(=O)Nc1ccc(C)cc1. The normalized spacial score (nSPS) is 14.4. The molecule has 1 unspecified atom stereocenters. The van der Waals surface area contributed by atoms with Crippen molar-refractivity contribution in [1.29, 1.82) is 0 Å². The van der Waals surface area contributed by atoms with Crippen LogP contribution in [0.1, 0.15) is 25.8 Å². The van der Waals surface area contributed by atoms with Gasteiger partial charge in [0.2, 0.25) is 5.91 Å². The molecule has 82 valence electrons. The molecule has 1 amide bonds. The van der Waals surface area contributed by atoms with Crippen LogP contribution in [0.4, 0.5) is 5.69 Å². The first-order valence-electron chi connectivity index (χ1n) is 5.03. The summed E-state index contributed by atoms with van der Waals surface area (Å²) in [5.74, 6) is -0.157. The molecule has 0 saturated heterocycles. The minimum atomic E-state index is -0.828. The maximum Gasteiger partial charge on any atom is 0.245 e. The summed E-state index contributed by atoms with van der Waals surface area (Å²) in [6.07, 6.45) is 0.603. The van der Waals surface area contributed by atoms with Crippen molar-refractivity contribution in [2.75, 3.05) is 5.32 Å². The van der Waals surface area contributed by atoms with Crippen molar-refractivity contribution in [2.24, 2.45) is 0 Å². The van der Waals surface area contributed by atoms with Crippen molar-refractivity contribution in [2.45, 2.75) is 32.1 Å². The first kappa shape index (κ1) is 12.1. The minimum absolute atomic E-state index is 0.157. The van der Waals surface area contributed by atoms with E-state index in [0.29, 0.717) is 6.42 Å². The molecule has 1 atom stereocenters. The van der Waals surface area contributed by atoms with Crippen molar-refractivity contribution in [3.8, 4) is 0 Å². The Morgan fingerprint density at radius 1 is 1.40 bits per heavy atom. The fourth-order valence-electron chi connectivity index (χ4n) is 1.06. The summed E-state index contributed by atoms with van der Waals surface area (Å²) in [6.45, 7) is 5.61. The molecule has 0 aromatic heterocycles. The number of hydrogen-bond acceptors (Lipinski definition) is 1. The predicted octanol–water partition coefficient (Wildman–Crippen LogP) is 3.34. The molecule has 1 N–H and O–H groups in total. The van der Waals surface area contributed by atoms with Gasteiger partial charge in [-0.25, -0.2) is 0 Å². The van der Waals surface area contributed by atoms with E-state index in [0.717, 1.165) is 11.3 Å². The van der Waals surface area contributed by atoms with Gasteiger partial charge in [0.25, 0.3) is 0 Å². The van der Waals surface area contributed by atoms with Crippen molar-refractivity contribution in [3.05, 3.63) is 29.8 Å². The highest BCUT2D eigenvalue weighted by atomic mass is 35.5. The third-order valence-electron chi connectivity index (χ3n) is 2.45. The lowest BCUT2D eigenvalue weighted by molar-refractivity contribution is -0.118. The smallest absolute Gasteiger partial charge is 0.245 e. The summed E-state index contributed by atoms with van der Waals surface area (Å²) < 4.78 is 0. The van der Waals surface area contributed by atoms with Crippen molar-refractivity contribution in [1.82, 2.24) is 0 Å². The molecule has 0 aliphatic carbocycles. The van der Waals surface area contributed by atoms with Crippen LogP contribution in [0.25, 0.3) is 0 Å². The van der Waals surface area contributed by atoms with Crippen molar-refractivity contribution >= 4 is 23.2 Å². The van der Waals surface area contributed by atoms with Crippen LogP contribution in [-0.4, -0.2) is 10.8 Å². The molecule has 0 aliphatic heterocycles. The van der Waals surface area contributed by atoms with Gasteiger partial charge in [-0.1, -0.05) is 24.6 Å². The van der Waals surface area contributed by atoms with Gasteiger partial charge >= 0.3 is 0 Å². The standard InChI is InChI=1S/C12H16ClNO/c1-4-12(3,13)11(15)14-10-7-5-9(2)6-8-10/h5-8H,4H2,1-3H3,(H,14,15). The van der Waals surface area contributed by atoms with Crippen LogP contribution in [0.15, 0.2) is 24.3 Å². The Morgan fingerprint density at radius 3 is 2.40 bits per heavy atom. The predicted molar refractivity (Wildman–Crippen MR) is 64.4 cm³/mol. The van der Waals surface area contributed by atoms with E-state index in [-0.39, 0.29) is 5.91 Å². The van der Waals surface area contributed by atoms with Crippen LogP contribution in [0, 0.1) is 6.92 Å². The molecular weight excluding hydrogens is 210 g/mol. The number of carbonyl (C=O) groups excluding carboxylic acids is 1. The fourth-order valence-corrected chi connectivity index (χ4v) is 1.11. The second-order valence-electron chi connectivity index (χ2n) is 3.87. The molecule has 0 spiro atoms. The second kappa shape index (κ2) is 4.67. The van der Waals surface area contributed by atoms with Gasteiger partial charge in [0.05, 0.1) is 0 Å². The van der Waals surface area contributed by atoms with Gasteiger partial charge in [-0.05, 0) is 32.4 Å². The summed E-state index contributed by atoms with van der Waals surface area (Å²) in [6, 6.07) is 7.64. The first-order chi connectivity index (χ1) is 6.95. The van der Waals surface area contributed by atoms with Crippen LogP contribution < -0.4 is 5.32 Å². The summed E-state index contributed by atoms with van der Waals surface area (Å²) >= 11 is 6.04. The Morgan fingerprint density at radius 2 is 1.93 bits per heavy atom. The van der Waals surface area contributed by atoms with Gasteiger partial charge in [0, 0.05) is 5.69 Å². The Bertz CT molecular complexity index is 343. The first-order valence-corrected chi connectivity index (χ1v) is 5.40. The number of aryl methyl sites for hydroxylation is 1. The lowest BCUT2D eigenvalue weighted by Crippen LogP contribution is -2.33. The zero-order valence-electron chi connectivity index (χ0n) is 9.30. The van der Waals surface area contributed by atoms with Gasteiger partial charge in [0.15, 0.2) is 0 Å². The molecule has 0 fully saturated rings. The summed E-state index contributed by atoms with van der Waals surface area (Å²) in [4.78, 5) is 10.9. The molecule has 0 heterocycles. The van der Waals surface area contributed by atoms with E-state index in [1.54, 1.807) is 6.92 Å². The highest BCUT2D eigenvalue weighted by Crippen LogP contribution is 2.21. The van der Waals surface area contributed by atoms with E-state index < -0.39 is 4.87 Å². The number of halogens is 1. The third kappa shape index (κ3) is 3.24. The van der Waals surface area contributed by atoms with Crippen LogP contribution in [0.2, 0.25) is 0 Å². The number of rotatable bonds is 3. The Balaban J connectivity index is 2.71. The summed E-state index contributed by atoms with van der Waals surface area (Å²) in [5.41, 5.74) is 1.95.